The highest BCUT2D eigenvalue weighted by Crippen LogP contribution is 2.29. The van der Waals surface area contributed by atoms with E-state index in [9.17, 15) is 22.8 Å². The number of halogens is 1. The number of carbonyl (C=O) groups excluding carboxylic acids is 1. The molecular weight excluding hydrogens is 580 g/mol. The highest BCUT2D eigenvalue weighted by Gasteiger charge is 2.28. The van der Waals surface area contributed by atoms with Crippen LogP contribution in [0.1, 0.15) is 26.5 Å². The third-order valence-corrected chi connectivity index (χ3v) is 6.82. The van der Waals surface area contributed by atoms with Gasteiger partial charge in [-0.05, 0) is 39.0 Å². The summed E-state index contributed by atoms with van der Waals surface area (Å²) in [5.41, 5.74) is 0.0461. The standard InChI is InChI=1S/C22H25ClN4O5S.C4H4O4/c1-22(2,3)32-21(28)26(4)14-15-12-20(27(25-15)18-9-7-6-8-17(18)23)33(29,30)16-10-11-24-19(13-16)31-5;5-3(6)1-2-4(7)8/h6-13H,14H2,1-5H3;1-2H,(H,5,6)(H,7,8)/b;2-1+. The van der Waals surface area contributed by atoms with Crippen LogP contribution in [0.5, 0.6) is 5.88 Å². The molecule has 41 heavy (non-hydrogen) atoms. The summed E-state index contributed by atoms with van der Waals surface area (Å²) in [6.07, 6.45) is 1.90. The molecular formula is C26H29ClN4O9S. The molecule has 0 saturated carbocycles. The van der Waals surface area contributed by atoms with E-state index in [1.807, 2.05) is 0 Å². The molecule has 1 amide bonds. The van der Waals surface area contributed by atoms with Gasteiger partial charge in [-0.3, -0.25) is 0 Å². The fourth-order valence-electron chi connectivity index (χ4n) is 3.06. The molecule has 0 aliphatic carbocycles. The van der Waals surface area contributed by atoms with Crippen molar-refractivity contribution in [1.29, 1.82) is 0 Å². The lowest BCUT2D eigenvalue weighted by atomic mass is 10.2. The molecule has 0 atom stereocenters. The van der Waals surface area contributed by atoms with Crippen molar-refractivity contribution in [2.45, 2.75) is 42.8 Å². The number of aromatic nitrogens is 3. The van der Waals surface area contributed by atoms with Gasteiger partial charge in [0.1, 0.15) is 5.60 Å². The first-order chi connectivity index (χ1) is 19.0. The van der Waals surface area contributed by atoms with Gasteiger partial charge in [0.05, 0.1) is 35.0 Å². The monoisotopic (exact) mass is 608 g/mol. The summed E-state index contributed by atoms with van der Waals surface area (Å²) in [5.74, 6) is -2.36. The van der Waals surface area contributed by atoms with Crippen molar-refractivity contribution in [2.75, 3.05) is 14.2 Å². The van der Waals surface area contributed by atoms with Crippen LogP contribution in [0.4, 0.5) is 4.79 Å². The number of rotatable bonds is 8. The minimum absolute atomic E-state index is 0.0189. The summed E-state index contributed by atoms with van der Waals surface area (Å²) in [5, 5.41) is 20.3. The second kappa shape index (κ2) is 13.8. The van der Waals surface area contributed by atoms with Crippen LogP contribution in [0.3, 0.4) is 0 Å². The van der Waals surface area contributed by atoms with Gasteiger partial charge in [0.25, 0.3) is 0 Å². The molecule has 0 fully saturated rings. The number of ether oxygens (including phenoxy) is 2. The molecule has 0 radical (unpaired) electrons. The van der Waals surface area contributed by atoms with Crippen molar-refractivity contribution in [3.05, 3.63) is 71.5 Å². The summed E-state index contributed by atoms with van der Waals surface area (Å²) in [6.45, 7) is 5.31. The highest BCUT2D eigenvalue weighted by atomic mass is 35.5. The SMILES string of the molecule is COc1cc(S(=O)(=O)c2cc(CN(C)C(=O)OC(C)(C)C)nn2-c2ccccc2Cl)ccn1.O=C(O)/C=C/C(=O)O. The quantitative estimate of drug-likeness (QED) is 0.355. The van der Waals surface area contributed by atoms with E-state index >= 15 is 0 Å². The Labute approximate surface area is 241 Å². The van der Waals surface area contributed by atoms with Crippen molar-refractivity contribution >= 4 is 39.5 Å². The normalized spacial score (nSPS) is 11.4. The molecule has 2 N–H and O–H groups in total. The molecule has 13 nitrogen and oxygen atoms in total. The van der Waals surface area contributed by atoms with Crippen molar-refractivity contribution in [3.8, 4) is 11.6 Å². The van der Waals surface area contributed by atoms with Gasteiger partial charge in [0.15, 0.2) is 5.03 Å². The minimum atomic E-state index is -4.04. The number of sulfone groups is 1. The van der Waals surface area contributed by atoms with Crippen LogP contribution in [-0.2, 0) is 30.7 Å². The maximum Gasteiger partial charge on any atom is 0.410 e. The van der Waals surface area contributed by atoms with Gasteiger partial charge in [-0.1, -0.05) is 23.7 Å². The Balaban J connectivity index is 0.000000642. The van der Waals surface area contributed by atoms with Crippen molar-refractivity contribution in [3.63, 3.8) is 0 Å². The number of hydrogen-bond donors (Lipinski definition) is 2. The molecule has 220 valence electrons. The lowest BCUT2D eigenvalue weighted by Crippen LogP contribution is -2.33. The predicted octanol–water partition coefficient (Wildman–Crippen LogP) is 3.84. The van der Waals surface area contributed by atoms with E-state index < -0.39 is 33.5 Å². The molecule has 0 aliphatic heterocycles. The van der Waals surface area contributed by atoms with Crippen LogP contribution in [0.15, 0.2) is 70.7 Å². The molecule has 3 rings (SSSR count). The van der Waals surface area contributed by atoms with E-state index in [-0.39, 0.29) is 22.3 Å². The van der Waals surface area contributed by atoms with E-state index in [0.717, 1.165) is 0 Å². The largest absolute Gasteiger partial charge is 0.481 e. The van der Waals surface area contributed by atoms with Gasteiger partial charge in [-0.2, -0.15) is 5.10 Å². The number of para-hydroxylation sites is 1. The molecule has 0 saturated heterocycles. The highest BCUT2D eigenvalue weighted by molar-refractivity contribution is 7.91. The number of nitrogens with zero attached hydrogens (tertiary/aromatic N) is 4. The van der Waals surface area contributed by atoms with Crippen LogP contribution in [0.25, 0.3) is 5.69 Å². The number of carbonyl (C=O) groups is 3. The Morgan fingerprint density at radius 3 is 2.22 bits per heavy atom. The minimum Gasteiger partial charge on any atom is -0.481 e. The second-order valence-electron chi connectivity index (χ2n) is 9.22. The molecule has 15 heteroatoms. The van der Waals surface area contributed by atoms with E-state index in [1.165, 1.54) is 41.1 Å². The fraction of sp³-hybridized carbons (Fsp3) is 0.269. The van der Waals surface area contributed by atoms with E-state index in [4.69, 9.17) is 31.3 Å². The number of hydrogen-bond acceptors (Lipinski definition) is 9. The molecule has 3 aromatic rings. The Bertz CT molecular complexity index is 1530. The van der Waals surface area contributed by atoms with Crippen LogP contribution in [0, 0.1) is 0 Å². The summed E-state index contributed by atoms with van der Waals surface area (Å²) >= 11 is 6.34. The van der Waals surface area contributed by atoms with Crippen molar-refractivity contribution in [1.82, 2.24) is 19.7 Å². The van der Waals surface area contributed by atoms with Crippen LogP contribution in [-0.4, -0.2) is 76.1 Å². The van der Waals surface area contributed by atoms with Gasteiger partial charge in [0, 0.05) is 37.5 Å². The summed E-state index contributed by atoms with van der Waals surface area (Å²) in [4.78, 5) is 36.7. The van der Waals surface area contributed by atoms with Crippen LogP contribution >= 0.6 is 11.6 Å². The Morgan fingerprint density at radius 2 is 1.68 bits per heavy atom. The zero-order valence-electron chi connectivity index (χ0n) is 22.8. The van der Waals surface area contributed by atoms with Gasteiger partial charge >= 0.3 is 18.0 Å². The first-order valence-electron chi connectivity index (χ1n) is 11.7. The Morgan fingerprint density at radius 1 is 1.07 bits per heavy atom. The second-order valence-corrected chi connectivity index (χ2v) is 11.5. The summed E-state index contributed by atoms with van der Waals surface area (Å²) in [6, 6.07) is 10.8. The summed E-state index contributed by atoms with van der Waals surface area (Å²) in [7, 11) is -1.10. The Kier molecular flexibility index (Phi) is 11.0. The molecule has 0 bridgehead atoms. The molecule has 1 aromatic carbocycles. The first kappa shape index (κ1) is 32.8. The number of methoxy groups -OCH3 is 1. The Hall–Kier alpha value is -4.43. The average Bonchev–Trinajstić information content (AvgIpc) is 3.31. The van der Waals surface area contributed by atoms with Gasteiger partial charge in [0.2, 0.25) is 15.7 Å². The van der Waals surface area contributed by atoms with E-state index in [1.54, 1.807) is 52.1 Å². The lowest BCUT2D eigenvalue weighted by molar-refractivity contribution is -0.134. The molecule has 2 aromatic heterocycles. The third-order valence-electron chi connectivity index (χ3n) is 4.78. The maximum atomic E-state index is 13.5. The predicted molar refractivity (Wildman–Crippen MR) is 147 cm³/mol. The number of carboxylic acid groups (broad SMARTS) is 2. The zero-order chi connectivity index (χ0) is 31.0. The zero-order valence-corrected chi connectivity index (χ0v) is 24.4. The van der Waals surface area contributed by atoms with Gasteiger partial charge in [-0.15, -0.1) is 0 Å². The smallest absolute Gasteiger partial charge is 0.410 e. The number of benzene rings is 1. The van der Waals surface area contributed by atoms with E-state index in [2.05, 4.69) is 10.1 Å². The number of pyridine rings is 1. The van der Waals surface area contributed by atoms with Crippen LogP contribution < -0.4 is 4.74 Å². The lowest BCUT2D eigenvalue weighted by Gasteiger charge is -2.24. The fourth-order valence-corrected chi connectivity index (χ4v) is 4.67. The van der Waals surface area contributed by atoms with Crippen molar-refractivity contribution in [2.24, 2.45) is 0 Å². The topological polar surface area (TPSA) is 178 Å². The van der Waals surface area contributed by atoms with Gasteiger partial charge in [-0.25, -0.2) is 32.5 Å². The number of carboxylic acids is 2. The first-order valence-corrected chi connectivity index (χ1v) is 13.6. The molecule has 2 heterocycles. The van der Waals surface area contributed by atoms with Crippen LogP contribution in [0.2, 0.25) is 5.02 Å². The molecule has 0 spiro atoms. The summed E-state index contributed by atoms with van der Waals surface area (Å²) < 4.78 is 38.8. The van der Waals surface area contributed by atoms with E-state index in [0.29, 0.717) is 28.6 Å². The molecule has 0 aliphatic rings. The maximum absolute atomic E-state index is 13.5. The van der Waals surface area contributed by atoms with Gasteiger partial charge < -0.3 is 24.6 Å². The third kappa shape index (κ3) is 9.61. The van der Waals surface area contributed by atoms with Crippen molar-refractivity contribution < 1.29 is 42.5 Å². The number of aliphatic carboxylic acids is 2. The number of amides is 1. The average molecular weight is 609 g/mol. The molecule has 0 unspecified atom stereocenters.